The second-order valence-electron chi connectivity index (χ2n) is 11.2. The number of H-pyrrole nitrogens is 1. The number of likely N-dealkylation sites (N-methyl/N-ethyl adjacent to an activating group) is 1. The highest BCUT2D eigenvalue weighted by atomic mass is 16.2. The molecule has 0 aliphatic carbocycles. The highest BCUT2D eigenvalue weighted by Gasteiger charge is 2.35. The number of nitrogens with one attached hydrogen (secondary N) is 3. The monoisotopic (exact) mass is 544 g/mol. The van der Waals surface area contributed by atoms with Gasteiger partial charge < -0.3 is 30.2 Å². The molecular formula is C29H36N8O3. The number of para-hydroxylation sites is 1. The summed E-state index contributed by atoms with van der Waals surface area (Å²) in [6.07, 6.45) is 3.63. The maximum atomic E-state index is 13.7. The predicted molar refractivity (Wildman–Crippen MR) is 152 cm³/mol. The van der Waals surface area contributed by atoms with E-state index in [1.165, 1.54) is 0 Å². The van der Waals surface area contributed by atoms with Crippen molar-refractivity contribution in [3.63, 3.8) is 0 Å². The van der Waals surface area contributed by atoms with Gasteiger partial charge in [-0.15, -0.1) is 0 Å². The molecule has 11 nitrogen and oxygen atoms in total. The van der Waals surface area contributed by atoms with E-state index < -0.39 is 6.04 Å². The summed E-state index contributed by atoms with van der Waals surface area (Å²) in [5, 5.41) is 14.3. The molecule has 1 saturated heterocycles. The van der Waals surface area contributed by atoms with Gasteiger partial charge in [0, 0.05) is 62.8 Å². The molecule has 2 aromatic carbocycles. The minimum atomic E-state index is -0.651. The number of aromatic amines is 1. The third kappa shape index (κ3) is 5.08. The number of carbonyl (C=O) groups is 3. The third-order valence-corrected chi connectivity index (χ3v) is 8.38. The van der Waals surface area contributed by atoms with Crippen LogP contribution in [0, 0.1) is 0 Å². The van der Waals surface area contributed by atoms with Crippen molar-refractivity contribution in [2.45, 2.75) is 44.4 Å². The molecule has 0 unspecified atom stereocenters. The molecule has 0 radical (unpaired) electrons. The standard InChI is InChI=1S/C29H36N8O3/c1-34(2)13-14-36-18-23-19(7-8-25-22(23)16-30-33-25)15-26(27(36)38)32-28(39)35-11-9-21(10-12-35)37-17-20-5-3-4-6-24(20)31-29(37)40/h3-8,16,21,26H,9-15,17-18H2,1-2H3,(H,30,33)(H,31,40)(H,32,39)/t26-/m1/s1. The first-order chi connectivity index (χ1) is 19.4. The summed E-state index contributed by atoms with van der Waals surface area (Å²) in [7, 11) is 3.97. The maximum Gasteiger partial charge on any atom is 0.322 e. The van der Waals surface area contributed by atoms with E-state index in [1.807, 2.05) is 66.5 Å². The largest absolute Gasteiger partial charge is 0.335 e. The van der Waals surface area contributed by atoms with Crippen LogP contribution in [0.15, 0.2) is 42.6 Å². The van der Waals surface area contributed by atoms with Gasteiger partial charge in [-0.2, -0.15) is 5.10 Å². The average Bonchev–Trinajstić information content (AvgIpc) is 3.39. The average molecular weight is 545 g/mol. The van der Waals surface area contributed by atoms with Gasteiger partial charge in [-0.25, -0.2) is 9.59 Å². The quantitative estimate of drug-likeness (QED) is 0.457. The molecule has 3 N–H and O–H groups in total. The Bertz CT molecular complexity index is 1430. The normalized spacial score (nSPS) is 19.9. The van der Waals surface area contributed by atoms with Gasteiger partial charge in [0.1, 0.15) is 6.04 Å². The maximum absolute atomic E-state index is 13.7. The fraction of sp³-hybridized carbons (Fsp3) is 0.448. The second kappa shape index (κ2) is 10.8. The van der Waals surface area contributed by atoms with Gasteiger partial charge in [0.15, 0.2) is 0 Å². The lowest BCUT2D eigenvalue weighted by Crippen LogP contribution is -2.56. The Kier molecular flexibility index (Phi) is 7.05. The minimum Gasteiger partial charge on any atom is -0.335 e. The lowest BCUT2D eigenvalue weighted by Gasteiger charge is -2.40. The molecule has 1 aromatic heterocycles. The number of amides is 5. The third-order valence-electron chi connectivity index (χ3n) is 8.38. The van der Waals surface area contributed by atoms with E-state index in [9.17, 15) is 14.4 Å². The van der Waals surface area contributed by atoms with Crippen LogP contribution in [0.25, 0.3) is 10.9 Å². The number of benzene rings is 2. The van der Waals surface area contributed by atoms with Crippen LogP contribution in [-0.2, 0) is 24.3 Å². The van der Waals surface area contributed by atoms with Crippen molar-refractivity contribution < 1.29 is 14.4 Å². The molecule has 11 heteroatoms. The fourth-order valence-corrected chi connectivity index (χ4v) is 6.06. The summed E-state index contributed by atoms with van der Waals surface area (Å²) in [5.41, 5.74) is 5.03. The van der Waals surface area contributed by atoms with E-state index in [4.69, 9.17) is 0 Å². The van der Waals surface area contributed by atoms with Gasteiger partial charge in [0.25, 0.3) is 0 Å². The second-order valence-corrected chi connectivity index (χ2v) is 11.2. The summed E-state index contributed by atoms with van der Waals surface area (Å²) in [5.74, 6) is -0.0680. The molecule has 0 bridgehead atoms. The molecule has 3 aromatic rings. The van der Waals surface area contributed by atoms with Crippen molar-refractivity contribution in [3.05, 3.63) is 59.3 Å². The smallest absolute Gasteiger partial charge is 0.322 e. The molecule has 5 amide bonds. The van der Waals surface area contributed by atoms with Crippen LogP contribution in [0.5, 0.6) is 0 Å². The number of anilines is 1. The molecule has 0 spiro atoms. The van der Waals surface area contributed by atoms with Crippen molar-refractivity contribution in [2.75, 3.05) is 45.6 Å². The molecule has 0 saturated carbocycles. The summed E-state index contributed by atoms with van der Waals surface area (Å²) in [6.45, 7) is 3.40. The molecule has 210 valence electrons. The lowest BCUT2D eigenvalue weighted by molar-refractivity contribution is -0.133. The number of rotatable bonds is 5. The highest BCUT2D eigenvalue weighted by Crippen LogP contribution is 2.29. The number of carbonyl (C=O) groups excluding carboxylic acids is 3. The number of aromatic nitrogens is 2. The van der Waals surface area contributed by atoms with Gasteiger partial charge in [0.05, 0.1) is 11.7 Å². The van der Waals surface area contributed by atoms with E-state index >= 15 is 0 Å². The molecule has 3 aliphatic rings. The van der Waals surface area contributed by atoms with Crippen LogP contribution in [0.2, 0.25) is 0 Å². The molecule has 3 aliphatic heterocycles. The van der Waals surface area contributed by atoms with E-state index in [2.05, 4.69) is 25.7 Å². The summed E-state index contributed by atoms with van der Waals surface area (Å²) in [6, 6.07) is 11.0. The number of fused-ring (bicyclic) bond motifs is 4. The number of hydrogen-bond donors (Lipinski definition) is 3. The SMILES string of the molecule is CN(C)CCN1Cc2c(ccc3[nH]ncc23)C[C@@H](NC(=O)N2CCC(N3Cc4ccccc4NC3=O)CC2)C1=O. The Morgan fingerprint density at radius 2 is 1.88 bits per heavy atom. The van der Waals surface area contributed by atoms with Crippen molar-refractivity contribution >= 4 is 34.6 Å². The van der Waals surface area contributed by atoms with Crippen LogP contribution >= 0.6 is 0 Å². The van der Waals surface area contributed by atoms with E-state index in [1.54, 1.807) is 4.90 Å². The van der Waals surface area contributed by atoms with E-state index in [0.717, 1.165) is 39.8 Å². The van der Waals surface area contributed by atoms with Crippen molar-refractivity contribution in [3.8, 4) is 0 Å². The first-order valence-corrected chi connectivity index (χ1v) is 14.0. The van der Waals surface area contributed by atoms with Crippen LogP contribution in [0.3, 0.4) is 0 Å². The molecule has 1 fully saturated rings. The Morgan fingerprint density at radius 1 is 1.07 bits per heavy atom. The molecule has 4 heterocycles. The Balaban J connectivity index is 1.13. The van der Waals surface area contributed by atoms with E-state index in [-0.39, 0.29) is 24.0 Å². The zero-order chi connectivity index (χ0) is 27.8. The molecule has 1 atom stereocenters. The Morgan fingerprint density at radius 3 is 2.67 bits per heavy atom. The summed E-state index contributed by atoms with van der Waals surface area (Å²) >= 11 is 0. The Labute approximate surface area is 233 Å². The number of likely N-dealkylation sites (tertiary alicyclic amines) is 1. The number of nitrogens with zero attached hydrogens (tertiary/aromatic N) is 5. The van der Waals surface area contributed by atoms with Crippen LogP contribution in [0.1, 0.15) is 29.5 Å². The Hall–Kier alpha value is -4.12. The first kappa shape index (κ1) is 26.1. The first-order valence-electron chi connectivity index (χ1n) is 14.0. The van der Waals surface area contributed by atoms with Gasteiger partial charge in [-0.1, -0.05) is 24.3 Å². The molecule has 6 rings (SSSR count). The topological polar surface area (TPSA) is 117 Å². The predicted octanol–water partition coefficient (Wildman–Crippen LogP) is 2.60. The summed E-state index contributed by atoms with van der Waals surface area (Å²) in [4.78, 5) is 47.4. The molecular weight excluding hydrogens is 508 g/mol. The van der Waals surface area contributed by atoms with Crippen molar-refractivity contribution in [1.29, 1.82) is 0 Å². The van der Waals surface area contributed by atoms with Gasteiger partial charge in [-0.3, -0.25) is 9.89 Å². The van der Waals surface area contributed by atoms with Gasteiger partial charge >= 0.3 is 12.1 Å². The van der Waals surface area contributed by atoms with Crippen LogP contribution in [-0.4, -0.2) is 100 Å². The summed E-state index contributed by atoms with van der Waals surface area (Å²) < 4.78 is 0. The lowest BCUT2D eigenvalue weighted by atomic mass is 9.98. The number of piperidine rings is 1. The van der Waals surface area contributed by atoms with E-state index in [0.29, 0.717) is 52.0 Å². The van der Waals surface area contributed by atoms with Crippen molar-refractivity contribution in [1.82, 2.24) is 35.1 Å². The number of urea groups is 2. The zero-order valence-corrected chi connectivity index (χ0v) is 23.0. The number of hydrogen-bond acceptors (Lipinski definition) is 5. The van der Waals surface area contributed by atoms with Gasteiger partial charge in [0.2, 0.25) is 5.91 Å². The fourth-order valence-electron chi connectivity index (χ4n) is 6.06. The van der Waals surface area contributed by atoms with Crippen LogP contribution in [0.4, 0.5) is 15.3 Å². The van der Waals surface area contributed by atoms with Gasteiger partial charge in [-0.05, 0) is 55.8 Å². The zero-order valence-electron chi connectivity index (χ0n) is 23.0. The van der Waals surface area contributed by atoms with Crippen LogP contribution < -0.4 is 10.6 Å². The minimum absolute atomic E-state index is 0.0580. The highest BCUT2D eigenvalue weighted by molar-refractivity contribution is 5.93. The van der Waals surface area contributed by atoms with Crippen molar-refractivity contribution in [2.24, 2.45) is 0 Å². The molecule has 40 heavy (non-hydrogen) atoms.